The zero-order valence-corrected chi connectivity index (χ0v) is 16.8. The van der Waals surface area contributed by atoms with E-state index in [9.17, 15) is 0 Å². The van der Waals surface area contributed by atoms with Gasteiger partial charge in [-0.05, 0) is 62.9 Å². The first-order valence-electron chi connectivity index (χ1n) is 9.60. The summed E-state index contributed by atoms with van der Waals surface area (Å²) in [6.45, 7) is 2.52. The second-order valence-corrected chi connectivity index (χ2v) is 8.03. The molecule has 0 spiro atoms. The molecule has 0 radical (unpaired) electrons. The average molecular weight is 418 g/mol. The number of hydrogen-bond acceptors (Lipinski definition) is 5. The van der Waals surface area contributed by atoms with Crippen molar-refractivity contribution in [3.8, 4) is 0 Å². The van der Waals surface area contributed by atoms with Crippen molar-refractivity contribution < 1.29 is 0 Å². The Hall–Kier alpha value is -1.37. The minimum atomic E-state index is 0.0161. The second kappa shape index (κ2) is 9.53. The first-order valence-corrected chi connectivity index (χ1v) is 10.4. The van der Waals surface area contributed by atoms with Crippen molar-refractivity contribution in [2.75, 3.05) is 19.6 Å². The number of unbranched alkanes of at least 4 members (excludes halogenated alkanes) is 3. The highest BCUT2D eigenvalue weighted by Gasteiger charge is 2.32. The Morgan fingerprint density at radius 1 is 1.23 bits per heavy atom. The summed E-state index contributed by atoms with van der Waals surface area (Å²) >= 11 is 3.50. The van der Waals surface area contributed by atoms with Gasteiger partial charge in [-0.15, -0.1) is 0 Å². The van der Waals surface area contributed by atoms with Crippen LogP contribution in [-0.2, 0) is 0 Å². The van der Waals surface area contributed by atoms with E-state index in [4.69, 9.17) is 16.1 Å². The SMILES string of the molecule is N=C(C1CC1)C(CNCCCCCCN)c1cnc2ccc(Br)cc2n1. The highest BCUT2D eigenvalue weighted by molar-refractivity contribution is 9.10. The predicted octanol–water partition coefficient (Wildman–Crippen LogP) is 4.01. The molecule has 1 aliphatic rings. The predicted molar refractivity (Wildman–Crippen MR) is 111 cm³/mol. The Labute approximate surface area is 163 Å². The van der Waals surface area contributed by atoms with E-state index in [2.05, 4.69) is 26.2 Å². The van der Waals surface area contributed by atoms with Crippen molar-refractivity contribution in [1.29, 1.82) is 5.41 Å². The van der Waals surface area contributed by atoms with Gasteiger partial charge < -0.3 is 16.5 Å². The van der Waals surface area contributed by atoms with Crippen LogP contribution in [0.15, 0.2) is 28.9 Å². The lowest BCUT2D eigenvalue weighted by molar-refractivity contribution is 0.577. The Balaban J connectivity index is 1.65. The van der Waals surface area contributed by atoms with Crippen molar-refractivity contribution in [1.82, 2.24) is 15.3 Å². The van der Waals surface area contributed by atoms with E-state index in [1.807, 2.05) is 24.4 Å². The van der Waals surface area contributed by atoms with Gasteiger partial charge in [0.15, 0.2) is 0 Å². The summed E-state index contributed by atoms with van der Waals surface area (Å²) in [4.78, 5) is 9.38. The third-order valence-corrected chi connectivity index (χ3v) is 5.42. The number of halogens is 1. The molecule has 1 aliphatic carbocycles. The summed E-state index contributed by atoms with van der Waals surface area (Å²) in [6, 6.07) is 5.94. The highest BCUT2D eigenvalue weighted by Crippen LogP contribution is 2.35. The zero-order valence-electron chi connectivity index (χ0n) is 15.2. The standard InChI is InChI=1S/C20H28BrN5/c21-15-7-8-17-18(11-15)26-19(13-25-17)16(20(23)14-5-6-14)12-24-10-4-2-1-3-9-22/h7-8,11,13-14,16,23-24H,1-6,9-10,12,22H2. The molecule has 1 aromatic carbocycles. The maximum Gasteiger partial charge on any atom is 0.0901 e. The first-order chi connectivity index (χ1) is 12.7. The molecule has 0 saturated heterocycles. The van der Waals surface area contributed by atoms with Gasteiger partial charge in [-0.2, -0.15) is 0 Å². The van der Waals surface area contributed by atoms with Crippen LogP contribution in [0, 0.1) is 11.3 Å². The number of nitrogens with zero attached hydrogens (tertiary/aromatic N) is 2. The van der Waals surface area contributed by atoms with Gasteiger partial charge in [0, 0.05) is 22.9 Å². The smallest absolute Gasteiger partial charge is 0.0901 e. The molecule has 4 N–H and O–H groups in total. The summed E-state index contributed by atoms with van der Waals surface area (Å²) in [5.74, 6) is 0.453. The molecule has 1 fully saturated rings. The molecule has 26 heavy (non-hydrogen) atoms. The largest absolute Gasteiger partial charge is 0.330 e. The maximum absolute atomic E-state index is 8.59. The molecule has 1 saturated carbocycles. The van der Waals surface area contributed by atoms with E-state index < -0.39 is 0 Å². The van der Waals surface area contributed by atoms with E-state index in [-0.39, 0.29) is 5.92 Å². The van der Waals surface area contributed by atoms with Crippen LogP contribution in [0.4, 0.5) is 0 Å². The number of hydrogen-bond donors (Lipinski definition) is 3. The monoisotopic (exact) mass is 417 g/mol. The number of rotatable bonds is 11. The molecule has 6 heteroatoms. The Morgan fingerprint density at radius 3 is 2.81 bits per heavy atom. The molecule has 2 aromatic rings. The van der Waals surface area contributed by atoms with E-state index in [0.717, 1.165) is 72.2 Å². The minimum Gasteiger partial charge on any atom is -0.330 e. The normalized spacial score (nSPS) is 15.3. The number of nitrogens with two attached hydrogens (primary N) is 1. The molecule has 0 amide bonds. The first kappa shape index (κ1) is 19.4. The van der Waals surface area contributed by atoms with Gasteiger partial charge in [-0.25, -0.2) is 4.98 Å². The van der Waals surface area contributed by atoms with Crippen molar-refractivity contribution >= 4 is 32.7 Å². The fraction of sp³-hybridized carbons (Fsp3) is 0.550. The lowest BCUT2D eigenvalue weighted by Gasteiger charge is -2.18. The molecular weight excluding hydrogens is 390 g/mol. The Morgan fingerprint density at radius 2 is 2.04 bits per heavy atom. The third kappa shape index (κ3) is 5.32. The lowest BCUT2D eigenvalue weighted by atomic mass is 9.95. The van der Waals surface area contributed by atoms with Crippen molar-refractivity contribution in [3.05, 3.63) is 34.6 Å². The molecule has 1 aromatic heterocycles. The Kier molecular flexibility index (Phi) is 7.11. The second-order valence-electron chi connectivity index (χ2n) is 7.12. The van der Waals surface area contributed by atoms with Gasteiger partial charge in [-0.1, -0.05) is 28.8 Å². The summed E-state index contributed by atoms with van der Waals surface area (Å²) in [5, 5.41) is 12.1. The zero-order chi connectivity index (χ0) is 18.4. The van der Waals surface area contributed by atoms with Crippen LogP contribution >= 0.6 is 15.9 Å². The van der Waals surface area contributed by atoms with Crippen LogP contribution in [0.5, 0.6) is 0 Å². The summed E-state index contributed by atoms with van der Waals surface area (Å²) in [7, 11) is 0. The fourth-order valence-corrected chi connectivity index (χ4v) is 3.56. The van der Waals surface area contributed by atoms with Gasteiger partial charge in [0.1, 0.15) is 0 Å². The number of aromatic nitrogens is 2. The summed E-state index contributed by atoms with van der Waals surface area (Å²) in [5.41, 5.74) is 9.02. The molecule has 0 aliphatic heterocycles. The fourth-order valence-electron chi connectivity index (χ4n) is 3.21. The van der Waals surface area contributed by atoms with E-state index >= 15 is 0 Å². The molecular formula is C20H28BrN5. The average Bonchev–Trinajstić information content (AvgIpc) is 3.48. The quantitative estimate of drug-likeness (QED) is 0.380. The van der Waals surface area contributed by atoms with E-state index in [1.165, 1.54) is 12.8 Å². The summed E-state index contributed by atoms with van der Waals surface area (Å²) in [6.07, 6.45) is 8.79. The molecule has 5 nitrogen and oxygen atoms in total. The van der Waals surface area contributed by atoms with Crippen LogP contribution in [-0.4, -0.2) is 35.3 Å². The van der Waals surface area contributed by atoms with Crippen LogP contribution < -0.4 is 11.1 Å². The van der Waals surface area contributed by atoms with Gasteiger partial charge in [0.05, 0.1) is 22.6 Å². The molecule has 1 atom stereocenters. The molecule has 1 unspecified atom stereocenters. The van der Waals surface area contributed by atoms with Crippen molar-refractivity contribution in [2.24, 2.45) is 11.7 Å². The highest BCUT2D eigenvalue weighted by atomic mass is 79.9. The molecule has 140 valence electrons. The topological polar surface area (TPSA) is 87.7 Å². The third-order valence-electron chi connectivity index (χ3n) is 4.93. The van der Waals surface area contributed by atoms with Gasteiger partial charge >= 0.3 is 0 Å². The molecule has 1 heterocycles. The van der Waals surface area contributed by atoms with Crippen LogP contribution in [0.3, 0.4) is 0 Å². The van der Waals surface area contributed by atoms with Gasteiger partial charge in [-0.3, -0.25) is 4.98 Å². The van der Waals surface area contributed by atoms with Crippen LogP contribution in [0.25, 0.3) is 11.0 Å². The minimum absolute atomic E-state index is 0.0161. The van der Waals surface area contributed by atoms with E-state index in [1.54, 1.807) is 0 Å². The summed E-state index contributed by atoms with van der Waals surface area (Å²) < 4.78 is 1.00. The lowest BCUT2D eigenvalue weighted by Crippen LogP contribution is -2.29. The molecule has 0 bridgehead atoms. The van der Waals surface area contributed by atoms with Crippen molar-refractivity contribution in [2.45, 2.75) is 44.4 Å². The Bertz CT molecular complexity index is 744. The number of nitrogens with one attached hydrogen (secondary N) is 2. The number of benzene rings is 1. The van der Waals surface area contributed by atoms with Crippen LogP contribution in [0.2, 0.25) is 0 Å². The maximum atomic E-state index is 8.59. The molecule has 3 rings (SSSR count). The van der Waals surface area contributed by atoms with Crippen LogP contribution in [0.1, 0.15) is 50.1 Å². The van der Waals surface area contributed by atoms with E-state index in [0.29, 0.717) is 5.92 Å². The number of fused-ring (bicyclic) bond motifs is 1. The van der Waals surface area contributed by atoms with Crippen molar-refractivity contribution in [3.63, 3.8) is 0 Å². The van der Waals surface area contributed by atoms with Gasteiger partial charge in [0.2, 0.25) is 0 Å². The van der Waals surface area contributed by atoms with Gasteiger partial charge in [0.25, 0.3) is 0 Å².